The molecule has 0 unspecified atom stereocenters. The number of hydrogen-bond donors (Lipinski definition) is 1. The Morgan fingerprint density at radius 3 is 2.44 bits per heavy atom. The summed E-state index contributed by atoms with van der Waals surface area (Å²) < 4.78 is 4.74. The van der Waals surface area contributed by atoms with Gasteiger partial charge in [-0.2, -0.15) is 0 Å². The predicted molar refractivity (Wildman–Crippen MR) is 105 cm³/mol. The number of esters is 1. The maximum atomic E-state index is 13.2. The fourth-order valence-corrected chi connectivity index (χ4v) is 3.14. The number of nitrogens with zero attached hydrogens (tertiary/aromatic N) is 2. The van der Waals surface area contributed by atoms with Gasteiger partial charge in [-0.1, -0.05) is 24.3 Å². The number of carbonyl (C=O) groups excluding carboxylic acids is 2. The Bertz CT molecular complexity index is 799. The number of benzene rings is 2. The molecule has 1 aliphatic rings. The molecule has 1 aliphatic heterocycles. The topological polar surface area (TPSA) is 61.9 Å². The first kappa shape index (κ1) is 18.9. The van der Waals surface area contributed by atoms with Crippen LogP contribution in [-0.4, -0.2) is 50.2 Å². The van der Waals surface area contributed by atoms with E-state index in [0.29, 0.717) is 25.2 Å². The lowest BCUT2D eigenvalue weighted by Gasteiger charge is -2.33. The second-order valence-corrected chi connectivity index (χ2v) is 6.63. The second-order valence-electron chi connectivity index (χ2n) is 6.63. The minimum absolute atomic E-state index is 0.000792. The van der Waals surface area contributed by atoms with Gasteiger partial charge in [-0.3, -0.25) is 4.90 Å². The van der Waals surface area contributed by atoms with Crippen LogP contribution in [0.25, 0.3) is 0 Å². The average Bonchev–Trinajstić information content (AvgIpc) is 2.72. The number of nitrogens with one attached hydrogen (secondary N) is 1. The molecular weight excluding hydrogens is 342 g/mol. The van der Waals surface area contributed by atoms with E-state index in [1.807, 2.05) is 48.2 Å². The molecule has 0 aromatic heterocycles. The molecular formula is C21H25N3O3. The van der Waals surface area contributed by atoms with Gasteiger partial charge < -0.3 is 15.0 Å². The maximum Gasteiger partial charge on any atom is 0.337 e. The van der Waals surface area contributed by atoms with Gasteiger partial charge in [0.25, 0.3) is 0 Å². The Kier molecular flexibility index (Phi) is 6.08. The zero-order valence-electron chi connectivity index (χ0n) is 15.8. The number of aryl methyl sites for hydroxylation is 1. The molecule has 2 amide bonds. The SMILES string of the molecule is COC(=O)c1ccc(CN(C(=O)N2CCNCC2)c2cccc(C)c2)cc1. The van der Waals surface area contributed by atoms with E-state index in [2.05, 4.69) is 5.32 Å². The minimum atomic E-state index is -0.367. The largest absolute Gasteiger partial charge is 0.465 e. The normalized spacial score (nSPS) is 13.9. The molecule has 1 heterocycles. The number of methoxy groups -OCH3 is 1. The number of anilines is 1. The van der Waals surface area contributed by atoms with Gasteiger partial charge >= 0.3 is 12.0 Å². The molecule has 2 aromatic rings. The third kappa shape index (κ3) is 4.65. The Labute approximate surface area is 159 Å². The Morgan fingerprint density at radius 1 is 1.11 bits per heavy atom. The van der Waals surface area contributed by atoms with Crippen LogP contribution in [0.1, 0.15) is 21.5 Å². The van der Waals surface area contributed by atoms with Crippen LogP contribution in [0.3, 0.4) is 0 Å². The van der Waals surface area contributed by atoms with E-state index in [1.54, 1.807) is 17.0 Å². The summed E-state index contributed by atoms with van der Waals surface area (Å²) >= 11 is 0. The monoisotopic (exact) mass is 367 g/mol. The zero-order valence-corrected chi connectivity index (χ0v) is 15.8. The van der Waals surface area contributed by atoms with Gasteiger partial charge in [-0.05, 0) is 42.3 Å². The van der Waals surface area contributed by atoms with E-state index in [4.69, 9.17) is 4.74 Å². The lowest BCUT2D eigenvalue weighted by Crippen LogP contribution is -2.51. The molecule has 1 saturated heterocycles. The highest BCUT2D eigenvalue weighted by Crippen LogP contribution is 2.21. The van der Waals surface area contributed by atoms with Crippen molar-refractivity contribution in [2.45, 2.75) is 13.5 Å². The molecule has 0 spiro atoms. The Morgan fingerprint density at radius 2 is 1.81 bits per heavy atom. The van der Waals surface area contributed by atoms with Crippen LogP contribution in [-0.2, 0) is 11.3 Å². The van der Waals surface area contributed by atoms with Crippen molar-refractivity contribution in [3.05, 3.63) is 65.2 Å². The van der Waals surface area contributed by atoms with Crippen molar-refractivity contribution in [2.24, 2.45) is 0 Å². The van der Waals surface area contributed by atoms with Crippen LogP contribution in [0.2, 0.25) is 0 Å². The minimum Gasteiger partial charge on any atom is -0.465 e. The lowest BCUT2D eigenvalue weighted by molar-refractivity contribution is 0.0600. The van der Waals surface area contributed by atoms with Gasteiger partial charge in [0.05, 0.1) is 19.2 Å². The van der Waals surface area contributed by atoms with Crippen LogP contribution in [0, 0.1) is 6.92 Å². The van der Waals surface area contributed by atoms with E-state index in [0.717, 1.165) is 29.9 Å². The van der Waals surface area contributed by atoms with Gasteiger partial charge in [-0.15, -0.1) is 0 Å². The average molecular weight is 367 g/mol. The molecule has 0 saturated carbocycles. The third-order valence-corrected chi connectivity index (χ3v) is 4.65. The van der Waals surface area contributed by atoms with Crippen LogP contribution < -0.4 is 10.2 Å². The number of ether oxygens (including phenoxy) is 1. The summed E-state index contributed by atoms with van der Waals surface area (Å²) in [6.45, 7) is 5.46. The predicted octanol–water partition coefficient (Wildman–Crippen LogP) is 2.81. The van der Waals surface area contributed by atoms with Crippen molar-refractivity contribution in [1.82, 2.24) is 10.2 Å². The zero-order chi connectivity index (χ0) is 19.2. The first-order chi connectivity index (χ1) is 13.1. The van der Waals surface area contributed by atoms with E-state index >= 15 is 0 Å². The molecule has 0 bridgehead atoms. The number of carbonyl (C=O) groups is 2. The summed E-state index contributed by atoms with van der Waals surface area (Å²) in [5.41, 5.74) is 3.42. The molecule has 2 aromatic carbocycles. The number of rotatable bonds is 4. The molecule has 0 aliphatic carbocycles. The quantitative estimate of drug-likeness (QED) is 0.844. The number of amides is 2. The highest BCUT2D eigenvalue weighted by atomic mass is 16.5. The molecule has 1 fully saturated rings. The lowest BCUT2D eigenvalue weighted by atomic mass is 10.1. The number of piperazine rings is 1. The van der Waals surface area contributed by atoms with Crippen molar-refractivity contribution in [3.63, 3.8) is 0 Å². The van der Waals surface area contributed by atoms with Crippen molar-refractivity contribution in [2.75, 3.05) is 38.2 Å². The Balaban J connectivity index is 1.85. The summed E-state index contributed by atoms with van der Waals surface area (Å²) in [6, 6.07) is 15.1. The van der Waals surface area contributed by atoms with E-state index < -0.39 is 0 Å². The second kappa shape index (κ2) is 8.68. The van der Waals surface area contributed by atoms with E-state index in [-0.39, 0.29) is 12.0 Å². The highest BCUT2D eigenvalue weighted by molar-refractivity contribution is 5.92. The van der Waals surface area contributed by atoms with Gasteiger partial charge in [0, 0.05) is 31.9 Å². The molecule has 3 rings (SSSR count). The highest BCUT2D eigenvalue weighted by Gasteiger charge is 2.24. The smallest absolute Gasteiger partial charge is 0.337 e. The van der Waals surface area contributed by atoms with Crippen molar-refractivity contribution in [3.8, 4) is 0 Å². The third-order valence-electron chi connectivity index (χ3n) is 4.65. The van der Waals surface area contributed by atoms with Crippen LogP contribution in [0.5, 0.6) is 0 Å². The Hall–Kier alpha value is -2.86. The number of urea groups is 1. The summed E-state index contributed by atoms with van der Waals surface area (Å²) in [7, 11) is 1.36. The van der Waals surface area contributed by atoms with Gasteiger partial charge in [0.15, 0.2) is 0 Å². The molecule has 6 nitrogen and oxygen atoms in total. The van der Waals surface area contributed by atoms with Crippen LogP contribution >= 0.6 is 0 Å². The summed E-state index contributed by atoms with van der Waals surface area (Å²) in [5.74, 6) is -0.367. The van der Waals surface area contributed by atoms with Gasteiger partial charge in [0.2, 0.25) is 0 Å². The molecule has 0 radical (unpaired) electrons. The summed E-state index contributed by atoms with van der Waals surface area (Å²) in [6.07, 6.45) is 0. The van der Waals surface area contributed by atoms with E-state index in [1.165, 1.54) is 7.11 Å². The molecule has 0 atom stereocenters. The van der Waals surface area contributed by atoms with Crippen molar-refractivity contribution in [1.29, 1.82) is 0 Å². The summed E-state index contributed by atoms with van der Waals surface area (Å²) in [4.78, 5) is 28.5. The fourth-order valence-electron chi connectivity index (χ4n) is 3.14. The molecule has 142 valence electrons. The van der Waals surface area contributed by atoms with Crippen molar-refractivity contribution < 1.29 is 14.3 Å². The summed E-state index contributed by atoms with van der Waals surface area (Å²) in [5, 5.41) is 3.27. The molecule has 6 heteroatoms. The van der Waals surface area contributed by atoms with Crippen LogP contribution in [0.15, 0.2) is 48.5 Å². The fraction of sp³-hybridized carbons (Fsp3) is 0.333. The van der Waals surface area contributed by atoms with Gasteiger partial charge in [-0.25, -0.2) is 9.59 Å². The first-order valence-corrected chi connectivity index (χ1v) is 9.09. The first-order valence-electron chi connectivity index (χ1n) is 9.09. The van der Waals surface area contributed by atoms with Crippen molar-refractivity contribution >= 4 is 17.7 Å². The van der Waals surface area contributed by atoms with Gasteiger partial charge in [0.1, 0.15) is 0 Å². The van der Waals surface area contributed by atoms with Crippen LogP contribution in [0.4, 0.5) is 10.5 Å². The number of hydrogen-bond acceptors (Lipinski definition) is 4. The maximum absolute atomic E-state index is 13.2. The molecule has 27 heavy (non-hydrogen) atoms. The standard InChI is InChI=1S/C21H25N3O3/c1-16-4-3-5-19(14-16)24(21(26)23-12-10-22-11-13-23)15-17-6-8-18(9-7-17)20(25)27-2/h3-9,14,22H,10-13,15H2,1-2H3. The molecule has 1 N–H and O–H groups in total. The van der Waals surface area contributed by atoms with E-state index in [9.17, 15) is 9.59 Å².